The summed E-state index contributed by atoms with van der Waals surface area (Å²) in [5, 5.41) is 0. The molecule has 0 aliphatic carbocycles. The first-order valence-electron chi connectivity index (χ1n) is 8.49. The summed E-state index contributed by atoms with van der Waals surface area (Å²) in [6, 6.07) is 12.1. The Morgan fingerprint density at radius 1 is 1.12 bits per heavy atom. The van der Waals surface area contributed by atoms with Crippen molar-refractivity contribution in [1.29, 1.82) is 0 Å². The lowest BCUT2D eigenvalue weighted by molar-refractivity contribution is -0.124. The maximum atomic E-state index is 12.8. The molecule has 1 atom stereocenters. The fourth-order valence-electron chi connectivity index (χ4n) is 3.20. The van der Waals surface area contributed by atoms with E-state index in [1.165, 1.54) is 27.8 Å². The molecule has 2 heterocycles. The van der Waals surface area contributed by atoms with E-state index in [-0.39, 0.29) is 11.5 Å². The predicted octanol–water partition coefficient (Wildman–Crippen LogP) is 0.197. The average molecular weight is 354 g/mol. The van der Waals surface area contributed by atoms with Gasteiger partial charge in [-0.1, -0.05) is 30.3 Å². The molecule has 7 heteroatoms. The molecule has 2 aromatic rings. The highest BCUT2D eigenvalue weighted by molar-refractivity contribution is 5.97. The minimum absolute atomic E-state index is 0.194. The monoisotopic (exact) mass is 354 g/mol. The van der Waals surface area contributed by atoms with Gasteiger partial charge in [0, 0.05) is 45.5 Å². The first-order chi connectivity index (χ1) is 12.5. The van der Waals surface area contributed by atoms with Crippen molar-refractivity contribution in [3.63, 3.8) is 0 Å². The summed E-state index contributed by atoms with van der Waals surface area (Å²) < 4.78 is 1.35. The third-order valence-corrected chi connectivity index (χ3v) is 4.64. The zero-order chi connectivity index (χ0) is 18.7. The molecule has 1 aromatic heterocycles. The zero-order valence-electron chi connectivity index (χ0n) is 14.7. The highest BCUT2D eigenvalue weighted by Gasteiger charge is 2.34. The number of pyridine rings is 1. The maximum Gasteiger partial charge on any atom is 0.256 e. The van der Waals surface area contributed by atoms with Crippen LogP contribution in [0, 0.1) is 0 Å². The van der Waals surface area contributed by atoms with Crippen molar-refractivity contribution in [1.82, 2.24) is 14.4 Å². The molecule has 1 fully saturated rings. The van der Waals surface area contributed by atoms with E-state index in [2.05, 4.69) is 4.90 Å². The molecule has 1 unspecified atom stereocenters. The molecule has 7 nitrogen and oxygen atoms in total. The van der Waals surface area contributed by atoms with Gasteiger partial charge in [0.2, 0.25) is 11.5 Å². The SMILES string of the molecule is Cn1cc(C(=O)N2CCN(Cc3ccccc3)CC2C(N)=O)ccc1=O. The second-order valence-electron chi connectivity index (χ2n) is 6.50. The van der Waals surface area contributed by atoms with E-state index >= 15 is 0 Å². The summed E-state index contributed by atoms with van der Waals surface area (Å²) in [6.07, 6.45) is 1.49. The van der Waals surface area contributed by atoms with Gasteiger partial charge in [0.15, 0.2) is 0 Å². The number of nitrogens with zero attached hydrogens (tertiary/aromatic N) is 3. The molecule has 1 aromatic carbocycles. The van der Waals surface area contributed by atoms with Crippen molar-refractivity contribution in [2.24, 2.45) is 12.8 Å². The lowest BCUT2D eigenvalue weighted by atomic mass is 10.1. The van der Waals surface area contributed by atoms with Gasteiger partial charge in [-0.05, 0) is 11.6 Å². The number of carbonyl (C=O) groups excluding carboxylic acids is 2. The molecule has 0 saturated carbocycles. The van der Waals surface area contributed by atoms with E-state index in [1.807, 2.05) is 30.3 Å². The quantitative estimate of drug-likeness (QED) is 0.849. The van der Waals surface area contributed by atoms with E-state index in [0.717, 1.165) is 5.56 Å². The highest BCUT2D eigenvalue weighted by Crippen LogP contribution is 2.16. The molecule has 2 N–H and O–H groups in total. The fourth-order valence-corrected chi connectivity index (χ4v) is 3.20. The largest absolute Gasteiger partial charge is 0.368 e. The molecule has 1 saturated heterocycles. The second kappa shape index (κ2) is 7.53. The number of rotatable bonds is 4. The third-order valence-electron chi connectivity index (χ3n) is 4.64. The first-order valence-corrected chi connectivity index (χ1v) is 8.49. The Labute approximate surface area is 151 Å². The number of aromatic nitrogens is 1. The Kier molecular flexibility index (Phi) is 5.18. The highest BCUT2D eigenvalue weighted by atomic mass is 16.2. The summed E-state index contributed by atoms with van der Waals surface area (Å²) in [7, 11) is 1.59. The number of piperazine rings is 1. The first kappa shape index (κ1) is 17.9. The molecule has 0 spiro atoms. The zero-order valence-corrected chi connectivity index (χ0v) is 14.7. The fraction of sp³-hybridized carbons (Fsp3) is 0.316. The van der Waals surface area contributed by atoms with Crippen molar-refractivity contribution in [2.75, 3.05) is 19.6 Å². The van der Waals surface area contributed by atoms with Crippen molar-refractivity contribution in [3.05, 3.63) is 70.1 Å². The molecule has 2 amide bonds. The van der Waals surface area contributed by atoms with Gasteiger partial charge in [-0.15, -0.1) is 0 Å². The number of nitrogens with two attached hydrogens (primary N) is 1. The minimum atomic E-state index is -0.697. The van der Waals surface area contributed by atoms with Crippen LogP contribution in [0.15, 0.2) is 53.5 Å². The van der Waals surface area contributed by atoms with E-state index in [4.69, 9.17) is 5.73 Å². The molecule has 0 radical (unpaired) electrons. The number of benzene rings is 1. The number of aryl methyl sites for hydroxylation is 1. The van der Waals surface area contributed by atoms with E-state index < -0.39 is 11.9 Å². The number of amides is 2. The Hall–Kier alpha value is -2.93. The second-order valence-corrected chi connectivity index (χ2v) is 6.50. The van der Waals surface area contributed by atoms with Gasteiger partial charge in [-0.3, -0.25) is 19.3 Å². The topological polar surface area (TPSA) is 88.6 Å². The Bertz CT molecular complexity index is 863. The van der Waals surface area contributed by atoms with Crippen LogP contribution in [0.25, 0.3) is 0 Å². The predicted molar refractivity (Wildman–Crippen MR) is 97.4 cm³/mol. The number of hydrogen-bond donors (Lipinski definition) is 1. The molecule has 0 bridgehead atoms. The summed E-state index contributed by atoms with van der Waals surface area (Å²) in [5.74, 6) is -0.815. The van der Waals surface area contributed by atoms with Crippen LogP contribution >= 0.6 is 0 Å². The Balaban J connectivity index is 1.76. The van der Waals surface area contributed by atoms with Crippen LogP contribution in [0.5, 0.6) is 0 Å². The third kappa shape index (κ3) is 3.83. The van der Waals surface area contributed by atoms with Gasteiger partial charge < -0.3 is 15.2 Å². The maximum absolute atomic E-state index is 12.8. The van der Waals surface area contributed by atoms with E-state index in [1.54, 1.807) is 7.05 Å². The average Bonchev–Trinajstić information content (AvgIpc) is 2.64. The Morgan fingerprint density at radius 3 is 2.50 bits per heavy atom. The van der Waals surface area contributed by atoms with Gasteiger partial charge >= 0.3 is 0 Å². The van der Waals surface area contributed by atoms with Gasteiger partial charge in [0.25, 0.3) is 5.91 Å². The van der Waals surface area contributed by atoms with Gasteiger partial charge in [-0.2, -0.15) is 0 Å². The molecule has 3 rings (SSSR count). The van der Waals surface area contributed by atoms with Crippen molar-refractivity contribution < 1.29 is 9.59 Å². The minimum Gasteiger partial charge on any atom is -0.368 e. The molecular weight excluding hydrogens is 332 g/mol. The van der Waals surface area contributed by atoms with Crippen LogP contribution in [0.2, 0.25) is 0 Å². The molecule has 1 aliphatic rings. The van der Waals surface area contributed by atoms with Crippen molar-refractivity contribution >= 4 is 11.8 Å². The molecule has 26 heavy (non-hydrogen) atoms. The summed E-state index contributed by atoms with van der Waals surface area (Å²) in [6.45, 7) is 2.15. The lowest BCUT2D eigenvalue weighted by Crippen LogP contribution is -2.59. The smallest absolute Gasteiger partial charge is 0.256 e. The standard InChI is InChI=1S/C19H22N4O3/c1-21-12-15(7-8-17(21)24)19(26)23-10-9-22(13-16(23)18(20)25)11-14-5-3-2-4-6-14/h2-8,12,16H,9-11,13H2,1H3,(H2,20,25). The van der Waals surface area contributed by atoms with Gasteiger partial charge in [0.1, 0.15) is 6.04 Å². The van der Waals surface area contributed by atoms with Crippen LogP contribution in [0.3, 0.4) is 0 Å². The van der Waals surface area contributed by atoms with Gasteiger partial charge in [0.05, 0.1) is 5.56 Å². The van der Waals surface area contributed by atoms with Crippen LogP contribution in [0.1, 0.15) is 15.9 Å². The van der Waals surface area contributed by atoms with Crippen LogP contribution < -0.4 is 11.3 Å². The summed E-state index contributed by atoms with van der Waals surface area (Å²) in [4.78, 5) is 39.9. The van der Waals surface area contributed by atoms with E-state index in [0.29, 0.717) is 31.7 Å². The molecule has 1 aliphatic heterocycles. The van der Waals surface area contributed by atoms with Crippen LogP contribution in [-0.4, -0.2) is 51.9 Å². The molecular formula is C19H22N4O3. The lowest BCUT2D eigenvalue weighted by Gasteiger charge is -2.40. The van der Waals surface area contributed by atoms with Crippen LogP contribution in [-0.2, 0) is 18.4 Å². The van der Waals surface area contributed by atoms with Crippen LogP contribution in [0.4, 0.5) is 0 Å². The summed E-state index contributed by atoms with van der Waals surface area (Å²) in [5.41, 5.74) is 6.89. The van der Waals surface area contributed by atoms with E-state index in [9.17, 15) is 14.4 Å². The number of carbonyl (C=O) groups is 2. The van der Waals surface area contributed by atoms with Gasteiger partial charge in [-0.25, -0.2) is 0 Å². The van der Waals surface area contributed by atoms with Crippen molar-refractivity contribution in [2.45, 2.75) is 12.6 Å². The Morgan fingerprint density at radius 2 is 1.85 bits per heavy atom. The number of hydrogen-bond acceptors (Lipinski definition) is 4. The number of primary amides is 1. The normalized spacial score (nSPS) is 17.9. The van der Waals surface area contributed by atoms with Crippen molar-refractivity contribution in [3.8, 4) is 0 Å². The molecule has 136 valence electrons. The summed E-state index contributed by atoms with van der Waals surface area (Å²) >= 11 is 0.